The number of ether oxygens (including phenoxy) is 2. The summed E-state index contributed by atoms with van der Waals surface area (Å²) < 4.78 is 10.1. The van der Waals surface area contributed by atoms with Crippen LogP contribution in [0.2, 0.25) is 10.0 Å². The zero-order chi connectivity index (χ0) is 17.9. The van der Waals surface area contributed by atoms with Crippen LogP contribution in [0.5, 0.6) is 0 Å². The van der Waals surface area contributed by atoms with Crippen molar-refractivity contribution in [1.82, 2.24) is 10.2 Å². The molecule has 1 atom stereocenters. The van der Waals surface area contributed by atoms with E-state index in [1.54, 1.807) is 32.2 Å². The summed E-state index contributed by atoms with van der Waals surface area (Å²) in [5.41, 5.74) is 1.32. The van der Waals surface area contributed by atoms with E-state index in [0.717, 1.165) is 0 Å². The zero-order valence-electron chi connectivity index (χ0n) is 13.6. The standard InChI is InChI=1S/C16H18Cl2N2O4/c1-9-12(15(21)24-8-7-23-3)14(19-16(22)20(9)2)10-5-4-6-11(17)13(10)18/h4-6,14H,7-8H2,1-3H3,(H,19,22)/t14-/m0/s1. The maximum Gasteiger partial charge on any atom is 0.338 e. The van der Waals surface area contributed by atoms with Crippen molar-refractivity contribution in [3.8, 4) is 0 Å². The molecule has 0 saturated heterocycles. The smallest absolute Gasteiger partial charge is 0.338 e. The fourth-order valence-electron chi connectivity index (χ4n) is 2.37. The van der Waals surface area contributed by atoms with Gasteiger partial charge in [-0.1, -0.05) is 35.3 Å². The average molecular weight is 373 g/mol. The second-order valence-corrected chi connectivity index (χ2v) is 6.00. The van der Waals surface area contributed by atoms with Gasteiger partial charge in [0.2, 0.25) is 0 Å². The predicted octanol–water partition coefficient (Wildman–Crippen LogP) is 3.15. The molecule has 1 heterocycles. The third-order valence-corrected chi connectivity index (χ3v) is 4.62. The molecule has 6 nitrogen and oxygen atoms in total. The molecule has 0 unspecified atom stereocenters. The van der Waals surface area contributed by atoms with Crippen molar-refractivity contribution in [3.63, 3.8) is 0 Å². The molecule has 2 rings (SSSR count). The Hall–Kier alpha value is -1.76. The van der Waals surface area contributed by atoms with Crippen LogP contribution in [-0.2, 0) is 14.3 Å². The summed E-state index contributed by atoms with van der Waals surface area (Å²) >= 11 is 12.3. The number of esters is 1. The molecule has 0 aromatic heterocycles. The summed E-state index contributed by atoms with van der Waals surface area (Å²) in [6, 6.07) is 3.96. The number of urea groups is 1. The van der Waals surface area contributed by atoms with Gasteiger partial charge >= 0.3 is 12.0 Å². The number of halogens is 2. The molecule has 2 amide bonds. The van der Waals surface area contributed by atoms with E-state index in [4.69, 9.17) is 32.7 Å². The molecule has 24 heavy (non-hydrogen) atoms. The number of carbonyl (C=O) groups excluding carboxylic acids is 2. The molecule has 1 N–H and O–H groups in total. The van der Waals surface area contributed by atoms with Crippen molar-refractivity contribution in [2.24, 2.45) is 0 Å². The van der Waals surface area contributed by atoms with Crippen molar-refractivity contribution in [1.29, 1.82) is 0 Å². The topological polar surface area (TPSA) is 67.9 Å². The lowest BCUT2D eigenvalue weighted by atomic mass is 9.95. The van der Waals surface area contributed by atoms with Gasteiger partial charge in [-0.3, -0.25) is 0 Å². The SMILES string of the molecule is COCCOC(=O)C1=C(C)N(C)C(=O)N[C@H]1c1cccc(Cl)c1Cl. The Morgan fingerprint density at radius 1 is 1.33 bits per heavy atom. The number of benzene rings is 1. The van der Waals surface area contributed by atoms with E-state index in [9.17, 15) is 9.59 Å². The summed E-state index contributed by atoms with van der Waals surface area (Å²) in [6.07, 6.45) is 0. The predicted molar refractivity (Wildman–Crippen MR) is 91.0 cm³/mol. The summed E-state index contributed by atoms with van der Waals surface area (Å²) in [6.45, 7) is 2.07. The number of nitrogens with zero attached hydrogens (tertiary/aromatic N) is 1. The van der Waals surface area contributed by atoms with Crippen LogP contribution in [-0.4, -0.2) is 44.3 Å². The first-order chi connectivity index (χ1) is 11.4. The van der Waals surface area contributed by atoms with E-state index in [0.29, 0.717) is 21.9 Å². The van der Waals surface area contributed by atoms with E-state index < -0.39 is 12.0 Å². The second-order valence-electron chi connectivity index (χ2n) is 5.21. The van der Waals surface area contributed by atoms with Gasteiger partial charge in [0.05, 0.1) is 28.3 Å². The Bertz CT molecular complexity index is 691. The fraction of sp³-hybridized carbons (Fsp3) is 0.375. The molecule has 1 aromatic rings. The van der Waals surface area contributed by atoms with Gasteiger partial charge in [-0.15, -0.1) is 0 Å². The minimum Gasteiger partial charge on any atom is -0.460 e. The lowest BCUT2D eigenvalue weighted by Gasteiger charge is -2.33. The second kappa shape index (κ2) is 7.88. The Kier molecular flexibility index (Phi) is 6.10. The van der Waals surface area contributed by atoms with E-state index in [2.05, 4.69) is 5.32 Å². The molecule has 0 saturated carbocycles. The van der Waals surface area contributed by atoms with Gasteiger partial charge in [0, 0.05) is 19.9 Å². The van der Waals surface area contributed by atoms with Crippen LogP contribution in [0.15, 0.2) is 29.5 Å². The molecule has 1 aromatic carbocycles. The molecule has 130 valence electrons. The van der Waals surface area contributed by atoms with Crippen LogP contribution in [0.1, 0.15) is 18.5 Å². The van der Waals surface area contributed by atoms with Crippen molar-refractivity contribution in [2.45, 2.75) is 13.0 Å². The first-order valence-electron chi connectivity index (χ1n) is 7.23. The van der Waals surface area contributed by atoms with Crippen molar-refractivity contribution in [3.05, 3.63) is 45.1 Å². The minimum absolute atomic E-state index is 0.111. The van der Waals surface area contributed by atoms with E-state index in [1.807, 2.05) is 0 Å². The fourth-order valence-corrected chi connectivity index (χ4v) is 2.79. The number of allylic oxidation sites excluding steroid dienone is 1. The van der Waals surface area contributed by atoms with Crippen LogP contribution < -0.4 is 5.32 Å². The maximum atomic E-state index is 12.5. The molecule has 0 aliphatic carbocycles. The molecular formula is C16H18Cl2N2O4. The number of rotatable bonds is 5. The monoisotopic (exact) mass is 372 g/mol. The van der Waals surface area contributed by atoms with Crippen molar-refractivity contribution < 1.29 is 19.1 Å². The highest BCUT2D eigenvalue weighted by molar-refractivity contribution is 6.42. The van der Waals surface area contributed by atoms with E-state index in [1.165, 1.54) is 12.0 Å². The van der Waals surface area contributed by atoms with Crippen LogP contribution in [0, 0.1) is 0 Å². The largest absolute Gasteiger partial charge is 0.460 e. The van der Waals surface area contributed by atoms with Gasteiger partial charge in [-0.25, -0.2) is 9.59 Å². The van der Waals surface area contributed by atoms with E-state index >= 15 is 0 Å². The lowest BCUT2D eigenvalue weighted by molar-refractivity contribution is -0.140. The summed E-state index contributed by atoms with van der Waals surface area (Å²) in [7, 11) is 3.09. The Morgan fingerprint density at radius 3 is 2.71 bits per heavy atom. The molecule has 0 spiro atoms. The quantitative estimate of drug-likeness (QED) is 0.636. The minimum atomic E-state index is -0.741. The highest BCUT2D eigenvalue weighted by Gasteiger charge is 2.36. The van der Waals surface area contributed by atoms with Crippen molar-refractivity contribution in [2.75, 3.05) is 27.4 Å². The highest BCUT2D eigenvalue weighted by atomic mass is 35.5. The molecule has 0 fully saturated rings. The van der Waals surface area contributed by atoms with E-state index in [-0.39, 0.29) is 24.3 Å². The third-order valence-electron chi connectivity index (χ3n) is 3.79. The Balaban J connectivity index is 2.45. The molecule has 1 aliphatic rings. The number of hydrogen-bond acceptors (Lipinski definition) is 4. The molecule has 1 aliphatic heterocycles. The number of hydrogen-bond donors (Lipinski definition) is 1. The Labute approximate surface area is 150 Å². The van der Waals surface area contributed by atoms with Gasteiger partial charge in [-0.2, -0.15) is 0 Å². The summed E-state index contributed by atoms with van der Waals surface area (Å²) in [5.74, 6) is -0.544. The van der Waals surface area contributed by atoms with Crippen molar-refractivity contribution >= 4 is 35.2 Å². The number of nitrogens with one attached hydrogen (secondary N) is 1. The first-order valence-corrected chi connectivity index (χ1v) is 7.99. The number of amides is 2. The molecule has 0 radical (unpaired) electrons. The van der Waals surface area contributed by atoms with Crippen LogP contribution in [0.3, 0.4) is 0 Å². The van der Waals surface area contributed by atoms with Gasteiger partial charge < -0.3 is 19.7 Å². The molecular weight excluding hydrogens is 355 g/mol. The number of methoxy groups -OCH3 is 1. The summed E-state index contributed by atoms with van der Waals surface area (Å²) in [4.78, 5) is 26.0. The number of carbonyl (C=O) groups is 2. The summed E-state index contributed by atoms with van der Waals surface area (Å²) in [5, 5.41) is 3.38. The van der Waals surface area contributed by atoms with Gasteiger partial charge in [0.15, 0.2) is 0 Å². The van der Waals surface area contributed by atoms with Crippen LogP contribution >= 0.6 is 23.2 Å². The maximum absolute atomic E-state index is 12.5. The van der Waals surface area contributed by atoms with Crippen LogP contribution in [0.4, 0.5) is 4.79 Å². The zero-order valence-corrected chi connectivity index (χ0v) is 15.1. The third kappa shape index (κ3) is 3.66. The normalized spacial score (nSPS) is 17.8. The molecule has 8 heteroatoms. The Morgan fingerprint density at radius 2 is 2.04 bits per heavy atom. The highest BCUT2D eigenvalue weighted by Crippen LogP contribution is 2.37. The average Bonchev–Trinajstić information content (AvgIpc) is 2.55. The van der Waals surface area contributed by atoms with Gasteiger partial charge in [0.25, 0.3) is 0 Å². The van der Waals surface area contributed by atoms with Gasteiger partial charge in [-0.05, 0) is 18.6 Å². The van der Waals surface area contributed by atoms with Crippen LogP contribution in [0.25, 0.3) is 0 Å². The first kappa shape index (κ1) is 18.6. The molecule has 0 bridgehead atoms. The lowest BCUT2D eigenvalue weighted by Crippen LogP contribution is -2.46. The van der Waals surface area contributed by atoms with Gasteiger partial charge in [0.1, 0.15) is 6.61 Å².